The summed E-state index contributed by atoms with van der Waals surface area (Å²) < 4.78 is 7.84. The molecule has 1 aliphatic carbocycles. The number of hydrogen-bond acceptors (Lipinski definition) is 5. The van der Waals surface area contributed by atoms with Crippen molar-refractivity contribution in [2.75, 3.05) is 5.75 Å². The molecule has 0 unspecified atom stereocenters. The van der Waals surface area contributed by atoms with Gasteiger partial charge in [0.25, 0.3) is 5.22 Å². The first kappa shape index (κ1) is 19.3. The third-order valence-corrected chi connectivity index (χ3v) is 6.98. The molecule has 0 aliphatic heterocycles. The third kappa shape index (κ3) is 3.22. The molecule has 5 nitrogen and oxygen atoms in total. The molecule has 32 heavy (non-hydrogen) atoms. The van der Waals surface area contributed by atoms with Crippen molar-refractivity contribution in [2.24, 2.45) is 0 Å². The number of benzene rings is 3. The molecule has 0 spiro atoms. The minimum absolute atomic E-state index is 0.0549. The van der Waals surface area contributed by atoms with Crippen LogP contribution < -0.4 is 0 Å². The van der Waals surface area contributed by atoms with Crippen LogP contribution in [-0.4, -0.2) is 26.4 Å². The van der Waals surface area contributed by atoms with E-state index in [-0.39, 0.29) is 11.7 Å². The Bertz CT molecular complexity index is 1460. The van der Waals surface area contributed by atoms with Gasteiger partial charge in [0.05, 0.1) is 11.3 Å². The van der Waals surface area contributed by atoms with Crippen LogP contribution in [0.1, 0.15) is 28.9 Å². The average molecular weight is 440 g/mol. The SMILES string of the molecule is O=C(CSc1nnc(-c2cccc3ccccc23)o1)n1c2c(c3ccccc31)CCCC2. The summed E-state index contributed by atoms with van der Waals surface area (Å²) >= 11 is 1.30. The van der Waals surface area contributed by atoms with Crippen molar-refractivity contribution in [2.45, 2.75) is 30.9 Å². The summed E-state index contributed by atoms with van der Waals surface area (Å²) in [6, 6.07) is 22.4. The van der Waals surface area contributed by atoms with Gasteiger partial charge in [-0.25, -0.2) is 0 Å². The predicted molar refractivity (Wildman–Crippen MR) is 127 cm³/mol. The molecule has 0 radical (unpaired) electrons. The second kappa shape index (κ2) is 7.95. The molecular weight excluding hydrogens is 418 g/mol. The Labute approximate surface area is 189 Å². The zero-order valence-electron chi connectivity index (χ0n) is 17.5. The predicted octanol–water partition coefficient (Wildman–Crippen LogP) is 6.16. The lowest BCUT2D eigenvalue weighted by Crippen LogP contribution is -2.18. The van der Waals surface area contributed by atoms with Crippen molar-refractivity contribution in [3.63, 3.8) is 0 Å². The third-order valence-electron chi connectivity index (χ3n) is 6.17. The molecule has 3 aromatic carbocycles. The maximum absolute atomic E-state index is 13.3. The van der Waals surface area contributed by atoms with Crippen molar-refractivity contribution >= 4 is 39.3 Å². The Kier molecular flexibility index (Phi) is 4.80. The molecule has 2 aromatic heterocycles. The molecular formula is C26H21N3O2S. The van der Waals surface area contributed by atoms with Crippen LogP contribution >= 0.6 is 11.8 Å². The van der Waals surface area contributed by atoms with Crippen molar-refractivity contribution in [1.82, 2.24) is 14.8 Å². The number of rotatable bonds is 4. The van der Waals surface area contributed by atoms with Crippen LogP contribution in [0.4, 0.5) is 0 Å². The number of hydrogen-bond donors (Lipinski definition) is 0. The molecule has 1 aliphatic rings. The molecule has 158 valence electrons. The van der Waals surface area contributed by atoms with E-state index in [9.17, 15) is 4.79 Å². The maximum Gasteiger partial charge on any atom is 0.277 e. The Hall–Kier alpha value is -3.38. The van der Waals surface area contributed by atoms with Gasteiger partial charge < -0.3 is 4.42 Å². The number of carbonyl (C=O) groups is 1. The summed E-state index contributed by atoms with van der Waals surface area (Å²) in [6.07, 6.45) is 4.30. The number of carbonyl (C=O) groups excluding carboxylic acids is 1. The van der Waals surface area contributed by atoms with E-state index < -0.39 is 0 Å². The van der Waals surface area contributed by atoms with Gasteiger partial charge >= 0.3 is 0 Å². The van der Waals surface area contributed by atoms with Gasteiger partial charge in [-0.05, 0) is 54.2 Å². The van der Waals surface area contributed by atoms with Crippen LogP contribution in [0.3, 0.4) is 0 Å². The first-order valence-corrected chi connectivity index (χ1v) is 11.9. The van der Waals surface area contributed by atoms with E-state index in [1.54, 1.807) is 0 Å². The molecule has 6 heteroatoms. The van der Waals surface area contributed by atoms with E-state index in [1.807, 2.05) is 53.1 Å². The van der Waals surface area contributed by atoms with Gasteiger partial charge in [0.1, 0.15) is 0 Å². The van der Waals surface area contributed by atoms with Crippen LogP contribution in [0, 0.1) is 0 Å². The molecule has 6 rings (SSSR count). The maximum atomic E-state index is 13.3. The van der Waals surface area contributed by atoms with E-state index in [2.05, 4.69) is 28.4 Å². The van der Waals surface area contributed by atoms with E-state index >= 15 is 0 Å². The van der Waals surface area contributed by atoms with Gasteiger partial charge in [0, 0.05) is 16.6 Å². The van der Waals surface area contributed by atoms with Gasteiger partial charge in [-0.1, -0.05) is 66.4 Å². The Balaban J connectivity index is 1.27. The highest BCUT2D eigenvalue weighted by atomic mass is 32.2. The molecule has 0 bridgehead atoms. The molecule has 0 fully saturated rings. The quantitative estimate of drug-likeness (QED) is 0.314. The average Bonchev–Trinajstić information content (AvgIpc) is 3.45. The normalized spacial score (nSPS) is 13.5. The summed E-state index contributed by atoms with van der Waals surface area (Å²) in [7, 11) is 0. The van der Waals surface area contributed by atoms with Crippen molar-refractivity contribution < 1.29 is 9.21 Å². The summed E-state index contributed by atoms with van der Waals surface area (Å²) in [5.74, 6) is 0.780. The van der Waals surface area contributed by atoms with Crippen LogP contribution in [0.5, 0.6) is 0 Å². The summed E-state index contributed by atoms with van der Waals surface area (Å²) in [5, 5.41) is 12.2. The van der Waals surface area contributed by atoms with Crippen LogP contribution in [0.2, 0.25) is 0 Å². The lowest BCUT2D eigenvalue weighted by Gasteiger charge is -2.14. The largest absolute Gasteiger partial charge is 0.411 e. The van der Waals surface area contributed by atoms with E-state index in [1.165, 1.54) is 34.8 Å². The number of nitrogens with zero attached hydrogens (tertiary/aromatic N) is 3. The number of para-hydroxylation sites is 1. The Morgan fingerprint density at radius 1 is 0.906 bits per heavy atom. The van der Waals surface area contributed by atoms with Gasteiger partial charge in [0.15, 0.2) is 0 Å². The summed E-state index contributed by atoms with van der Waals surface area (Å²) in [4.78, 5) is 13.3. The monoisotopic (exact) mass is 439 g/mol. The number of fused-ring (bicyclic) bond motifs is 4. The summed E-state index contributed by atoms with van der Waals surface area (Å²) in [5.41, 5.74) is 4.41. The molecule has 0 saturated carbocycles. The molecule has 0 N–H and O–H groups in total. The molecule has 5 aromatic rings. The molecule has 2 heterocycles. The van der Waals surface area contributed by atoms with Crippen molar-refractivity contribution in [3.8, 4) is 11.5 Å². The Morgan fingerprint density at radius 2 is 1.69 bits per heavy atom. The van der Waals surface area contributed by atoms with Gasteiger partial charge in [-0.2, -0.15) is 0 Å². The fraction of sp³-hybridized carbons (Fsp3) is 0.192. The second-order valence-electron chi connectivity index (χ2n) is 8.07. The number of aromatic nitrogens is 3. The van der Waals surface area contributed by atoms with E-state index in [0.29, 0.717) is 11.1 Å². The zero-order chi connectivity index (χ0) is 21.5. The van der Waals surface area contributed by atoms with E-state index in [4.69, 9.17) is 4.42 Å². The number of aryl methyl sites for hydroxylation is 1. The Morgan fingerprint density at radius 3 is 2.62 bits per heavy atom. The fourth-order valence-electron chi connectivity index (χ4n) is 4.76. The summed E-state index contributed by atoms with van der Waals surface area (Å²) in [6.45, 7) is 0. The highest BCUT2D eigenvalue weighted by Gasteiger charge is 2.23. The minimum Gasteiger partial charge on any atom is -0.411 e. The number of thioether (sulfide) groups is 1. The van der Waals surface area contributed by atoms with E-state index in [0.717, 1.165) is 41.1 Å². The zero-order valence-corrected chi connectivity index (χ0v) is 18.3. The van der Waals surface area contributed by atoms with Crippen LogP contribution in [-0.2, 0) is 12.8 Å². The minimum atomic E-state index is 0.0549. The standard InChI is InChI=1S/C26H21N3O2S/c30-24(29-22-14-5-3-11-19(22)20-12-4-6-15-23(20)29)16-32-26-28-27-25(31-26)21-13-7-9-17-8-1-2-10-18(17)21/h1-3,5,7-11,13-14H,4,6,12,15-16H2. The highest BCUT2D eigenvalue weighted by molar-refractivity contribution is 7.99. The van der Waals surface area contributed by atoms with Gasteiger partial charge in [0.2, 0.25) is 11.8 Å². The first-order chi connectivity index (χ1) is 15.8. The lowest BCUT2D eigenvalue weighted by molar-refractivity contribution is 0.0943. The smallest absolute Gasteiger partial charge is 0.277 e. The first-order valence-electron chi connectivity index (χ1n) is 10.9. The highest BCUT2D eigenvalue weighted by Crippen LogP contribution is 2.33. The van der Waals surface area contributed by atoms with Gasteiger partial charge in [-0.15, -0.1) is 10.2 Å². The van der Waals surface area contributed by atoms with Crippen molar-refractivity contribution in [3.05, 3.63) is 78.0 Å². The second-order valence-corrected chi connectivity index (χ2v) is 8.99. The van der Waals surface area contributed by atoms with Gasteiger partial charge in [-0.3, -0.25) is 9.36 Å². The fourth-order valence-corrected chi connectivity index (χ4v) is 5.37. The van der Waals surface area contributed by atoms with Crippen LogP contribution in [0.25, 0.3) is 33.1 Å². The molecule has 0 amide bonds. The van der Waals surface area contributed by atoms with Crippen LogP contribution in [0.15, 0.2) is 76.4 Å². The van der Waals surface area contributed by atoms with Crippen molar-refractivity contribution in [1.29, 1.82) is 0 Å². The molecule has 0 atom stereocenters. The molecule has 0 saturated heterocycles. The topological polar surface area (TPSA) is 60.9 Å². The lowest BCUT2D eigenvalue weighted by atomic mass is 9.96.